The van der Waals surface area contributed by atoms with E-state index < -0.39 is 11.4 Å². The number of carboxylic acids is 1. The standard InChI is InChI=1S/C13H15BrN2O3/c1-8-2-3-9(14)6-10(8)16-12(19)15-7-13(4-5-13)11(17)18/h2-3,6H,4-5,7H2,1H3,(H,17,18)(H2,15,16,19). The number of carbonyl (C=O) groups excluding carboxylic acids is 1. The maximum absolute atomic E-state index is 11.7. The van der Waals surface area contributed by atoms with Crippen LogP contribution in [-0.2, 0) is 4.79 Å². The molecule has 2 rings (SSSR count). The molecule has 0 saturated heterocycles. The molecule has 0 bridgehead atoms. The maximum Gasteiger partial charge on any atom is 0.319 e. The number of carboxylic acid groups (broad SMARTS) is 1. The highest BCUT2D eigenvalue weighted by Crippen LogP contribution is 2.45. The van der Waals surface area contributed by atoms with E-state index in [0.717, 1.165) is 10.0 Å². The molecule has 1 saturated carbocycles. The first-order valence-corrected chi connectivity index (χ1v) is 6.77. The molecule has 1 aromatic carbocycles. The number of aliphatic carboxylic acids is 1. The van der Waals surface area contributed by atoms with Gasteiger partial charge in [0.05, 0.1) is 5.41 Å². The summed E-state index contributed by atoms with van der Waals surface area (Å²) in [4.78, 5) is 22.7. The van der Waals surface area contributed by atoms with Crippen LogP contribution in [0.1, 0.15) is 18.4 Å². The van der Waals surface area contributed by atoms with E-state index in [1.807, 2.05) is 19.1 Å². The van der Waals surface area contributed by atoms with Crippen molar-refractivity contribution in [2.45, 2.75) is 19.8 Å². The lowest BCUT2D eigenvalue weighted by Crippen LogP contribution is -2.36. The number of amides is 2. The van der Waals surface area contributed by atoms with Crippen LogP contribution in [0.4, 0.5) is 10.5 Å². The summed E-state index contributed by atoms with van der Waals surface area (Å²) >= 11 is 3.34. The van der Waals surface area contributed by atoms with Crippen molar-refractivity contribution in [1.82, 2.24) is 5.32 Å². The summed E-state index contributed by atoms with van der Waals surface area (Å²) in [7, 11) is 0. The van der Waals surface area contributed by atoms with Crippen LogP contribution in [0.5, 0.6) is 0 Å². The van der Waals surface area contributed by atoms with Crippen LogP contribution < -0.4 is 10.6 Å². The molecular formula is C13H15BrN2O3. The predicted molar refractivity (Wildman–Crippen MR) is 75.2 cm³/mol. The second-order valence-corrected chi connectivity index (χ2v) is 5.77. The molecule has 0 heterocycles. The third-order valence-electron chi connectivity index (χ3n) is 3.34. The topological polar surface area (TPSA) is 78.4 Å². The minimum Gasteiger partial charge on any atom is -0.481 e. The molecule has 102 valence electrons. The number of halogens is 1. The summed E-state index contributed by atoms with van der Waals surface area (Å²) in [5, 5.41) is 14.3. The minimum atomic E-state index is -0.841. The number of carbonyl (C=O) groups is 2. The fraction of sp³-hybridized carbons (Fsp3) is 0.385. The molecule has 6 heteroatoms. The highest BCUT2D eigenvalue weighted by atomic mass is 79.9. The molecule has 5 nitrogen and oxygen atoms in total. The van der Waals surface area contributed by atoms with Gasteiger partial charge in [0, 0.05) is 16.7 Å². The van der Waals surface area contributed by atoms with Crippen molar-refractivity contribution in [2.24, 2.45) is 5.41 Å². The number of nitrogens with one attached hydrogen (secondary N) is 2. The van der Waals surface area contributed by atoms with Crippen molar-refractivity contribution < 1.29 is 14.7 Å². The first-order chi connectivity index (χ1) is 8.93. The van der Waals surface area contributed by atoms with Gasteiger partial charge in [0.25, 0.3) is 0 Å². The summed E-state index contributed by atoms with van der Waals surface area (Å²) in [6.07, 6.45) is 1.25. The quantitative estimate of drug-likeness (QED) is 0.796. The second kappa shape index (κ2) is 5.21. The molecule has 0 spiro atoms. The number of anilines is 1. The van der Waals surface area contributed by atoms with Gasteiger partial charge in [-0.2, -0.15) is 0 Å². The zero-order valence-electron chi connectivity index (χ0n) is 10.5. The van der Waals surface area contributed by atoms with Gasteiger partial charge in [-0.1, -0.05) is 22.0 Å². The van der Waals surface area contributed by atoms with Crippen molar-refractivity contribution in [1.29, 1.82) is 0 Å². The Hall–Kier alpha value is -1.56. The van der Waals surface area contributed by atoms with E-state index in [1.165, 1.54) is 0 Å². The average molecular weight is 327 g/mol. The van der Waals surface area contributed by atoms with Gasteiger partial charge in [-0.25, -0.2) is 4.79 Å². The first-order valence-electron chi connectivity index (χ1n) is 5.97. The van der Waals surface area contributed by atoms with Crippen molar-refractivity contribution in [3.8, 4) is 0 Å². The highest BCUT2D eigenvalue weighted by molar-refractivity contribution is 9.10. The highest BCUT2D eigenvalue weighted by Gasteiger charge is 2.50. The van der Waals surface area contributed by atoms with Crippen LogP contribution in [0.2, 0.25) is 0 Å². The van der Waals surface area contributed by atoms with Gasteiger partial charge in [0.15, 0.2) is 0 Å². The van der Waals surface area contributed by atoms with Gasteiger partial charge >= 0.3 is 12.0 Å². The normalized spacial score (nSPS) is 15.7. The number of urea groups is 1. The Morgan fingerprint density at radius 1 is 1.42 bits per heavy atom. The van der Waals surface area contributed by atoms with E-state index in [4.69, 9.17) is 5.11 Å². The Labute approximate surface area is 119 Å². The lowest BCUT2D eigenvalue weighted by atomic mass is 10.1. The Balaban J connectivity index is 1.91. The van der Waals surface area contributed by atoms with Crippen LogP contribution in [0, 0.1) is 12.3 Å². The van der Waals surface area contributed by atoms with Crippen LogP contribution in [0.25, 0.3) is 0 Å². The van der Waals surface area contributed by atoms with E-state index >= 15 is 0 Å². The van der Waals surface area contributed by atoms with Crippen LogP contribution >= 0.6 is 15.9 Å². The van der Waals surface area contributed by atoms with Gasteiger partial charge in [-0.05, 0) is 37.5 Å². The van der Waals surface area contributed by atoms with Crippen molar-refractivity contribution >= 4 is 33.6 Å². The predicted octanol–water partition coefficient (Wildman–Crippen LogP) is 2.74. The zero-order valence-corrected chi connectivity index (χ0v) is 12.1. The van der Waals surface area contributed by atoms with Crippen molar-refractivity contribution in [3.63, 3.8) is 0 Å². The molecular weight excluding hydrogens is 312 g/mol. The summed E-state index contributed by atoms with van der Waals surface area (Å²) in [5.41, 5.74) is 0.897. The Morgan fingerprint density at radius 2 is 2.11 bits per heavy atom. The van der Waals surface area contributed by atoms with E-state index in [-0.39, 0.29) is 12.6 Å². The summed E-state index contributed by atoms with van der Waals surface area (Å²) in [6.45, 7) is 2.06. The summed E-state index contributed by atoms with van der Waals surface area (Å²) < 4.78 is 0.873. The molecule has 0 aliphatic heterocycles. The zero-order chi connectivity index (χ0) is 14.0. The molecule has 0 unspecified atom stereocenters. The van der Waals surface area contributed by atoms with Gasteiger partial charge < -0.3 is 15.7 Å². The number of benzene rings is 1. The monoisotopic (exact) mass is 326 g/mol. The fourth-order valence-corrected chi connectivity index (χ4v) is 2.12. The van der Waals surface area contributed by atoms with Gasteiger partial charge in [-0.3, -0.25) is 4.79 Å². The smallest absolute Gasteiger partial charge is 0.319 e. The Morgan fingerprint density at radius 3 is 2.68 bits per heavy atom. The lowest BCUT2D eigenvalue weighted by Gasteiger charge is -2.13. The van der Waals surface area contributed by atoms with Crippen molar-refractivity contribution in [3.05, 3.63) is 28.2 Å². The molecule has 1 aliphatic carbocycles. The Bertz CT molecular complexity index is 527. The minimum absolute atomic E-state index is 0.168. The molecule has 1 fully saturated rings. The number of rotatable bonds is 4. The second-order valence-electron chi connectivity index (χ2n) is 4.85. The van der Waals surface area contributed by atoms with Crippen LogP contribution in [-0.4, -0.2) is 23.7 Å². The van der Waals surface area contributed by atoms with Gasteiger partial charge in [-0.15, -0.1) is 0 Å². The third-order valence-corrected chi connectivity index (χ3v) is 3.84. The molecule has 2 amide bonds. The van der Waals surface area contributed by atoms with Crippen molar-refractivity contribution in [2.75, 3.05) is 11.9 Å². The maximum atomic E-state index is 11.7. The lowest BCUT2D eigenvalue weighted by molar-refractivity contribution is -0.143. The molecule has 1 aliphatic rings. The molecule has 3 N–H and O–H groups in total. The first kappa shape index (κ1) is 13.9. The summed E-state index contributed by atoms with van der Waals surface area (Å²) in [5.74, 6) is -0.841. The van der Waals surface area contributed by atoms with Crippen LogP contribution in [0.15, 0.2) is 22.7 Å². The average Bonchev–Trinajstić information content (AvgIpc) is 3.12. The SMILES string of the molecule is Cc1ccc(Br)cc1NC(=O)NCC1(C(=O)O)CC1. The molecule has 0 atom stereocenters. The van der Waals surface area contributed by atoms with Gasteiger partial charge in [0.2, 0.25) is 0 Å². The van der Waals surface area contributed by atoms with E-state index in [1.54, 1.807) is 6.07 Å². The molecule has 0 radical (unpaired) electrons. The van der Waals surface area contributed by atoms with Crippen LogP contribution in [0.3, 0.4) is 0 Å². The number of hydrogen-bond donors (Lipinski definition) is 3. The van der Waals surface area contributed by atoms with Gasteiger partial charge in [0.1, 0.15) is 0 Å². The molecule has 0 aromatic heterocycles. The number of hydrogen-bond acceptors (Lipinski definition) is 2. The summed E-state index contributed by atoms with van der Waals surface area (Å²) in [6, 6.07) is 5.20. The Kier molecular flexibility index (Phi) is 3.80. The largest absolute Gasteiger partial charge is 0.481 e. The van der Waals surface area contributed by atoms with E-state index in [2.05, 4.69) is 26.6 Å². The fourth-order valence-electron chi connectivity index (χ4n) is 1.76. The molecule has 1 aromatic rings. The third kappa shape index (κ3) is 3.26. The van der Waals surface area contributed by atoms with E-state index in [9.17, 15) is 9.59 Å². The number of aryl methyl sites for hydroxylation is 1. The van der Waals surface area contributed by atoms with E-state index in [0.29, 0.717) is 18.5 Å². The molecule has 19 heavy (non-hydrogen) atoms.